The lowest BCUT2D eigenvalue weighted by molar-refractivity contribution is 0.00387. The van der Waals surface area contributed by atoms with Gasteiger partial charge in [0.15, 0.2) is 22.9 Å². The Balaban J connectivity index is 2.03. The molecule has 0 unspecified atom stereocenters. The van der Waals surface area contributed by atoms with Crippen molar-refractivity contribution in [1.29, 1.82) is 0 Å². The van der Waals surface area contributed by atoms with E-state index in [2.05, 4.69) is 121 Å². The van der Waals surface area contributed by atoms with E-state index in [9.17, 15) is 0 Å². The lowest BCUT2D eigenvalue weighted by atomic mass is 10.1. The largest absolute Gasteiger partial charge is 0.412 e. The predicted molar refractivity (Wildman–Crippen MR) is 160 cm³/mol. The third-order valence-corrected chi connectivity index (χ3v) is 13.6. The molecule has 37 heavy (non-hydrogen) atoms. The van der Waals surface area contributed by atoms with E-state index < -0.39 is 25.0 Å². The molecule has 0 amide bonds. The fourth-order valence-corrected chi connectivity index (χ4v) is 12.0. The molecule has 8 heteroatoms. The lowest BCUT2D eigenvalue weighted by Crippen LogP contribution is -2.67. The van der Waals surface area contributed by atoms with E-state index in [0.29, 0.717) is 6.61 Å². The van der Waals surface area contributed by atoms with Gasteiger partial charge in [-0.25, -0.2) is 0 Å². The summed E-state index contributed by atoms with van der Waals surface area (Å²) in [6.07, 6.45) is 0.301. The molecule has 0 bridgehead atoms. The Morgan fingerprint density at radius 3 is 1.59 bits per heavy atom. The number of methoxy groups -OCH3 is 1. The summed E-state index contributed by atoms with van der Waals surface area (Å²) in [5.41, 5.74) is 0. The first-order chi connectivity index (χ1) is 17.2. The molecule has 2 aromatic rings. The smallest absolute Gasteiger partial charge is 0.261 e. The van der Waals surface area contributed by atoms with Crippen LogP contribution in [-0.2, 0) is 22.8 Å². The summed E-state index contributed by atoms with van der Waals surface area (Å²) in [7, 11) is -4.80. The van der Waals surface area contributed by atoms with E-state index >= 15 is 0 Å². The molecule has 0 spiro atoms. The average Bonchev–Trinajstić information content (AvgIpc) is 3.55. The number of rotatable bonds is 13. The predicted octanol–water partition coefficient (Wildman–Crippen LogP) is 5.76. The zero-order chi connectivity index (χ0) is 27.5. The van der Waals surface area contributed by atoms with Crippen molar-refractivity contribution in [2.24, 2.45) is 0 Å². The van der Waals surface area contributed by atoms with Gasteiger partial charge in [-0.3, -0.25) is 0 Å². The molecular weight excluding hydrogens is 513 g/mol. The molecule has 1 aliphatic rings. The molecule has 0 N–H and O–H groups in total. The topological polar surface area (TPSA) is 49.5 Å². The van der Waals surface area contributed by atoms with E-state index in [4.69, 9.17) is 22.8 Å². The van der Waals surface area contributed by atoms with Crippen molar-refractivity contribution in [3.05, 3.63) is 60.7 Å². The molecule has 0 aromatic heterocycles. The minimum Gasteiger partial charge on any atom is -0.412 e. The number of hydrogen-bond donors (Lipinski definition) is 0. The van der Waals surface area contributed by atoms with Crippen molar-refractivity contribution in [3.63, 3.8) is 0 Å². The van der Waals surface area contributed by atoms with Gasteiger partial charge in [-0.1, -0.05) is 81.4 Å². The Labute approximate surface area is 228 Å². The van der Waals surface area contributed by atoms with Crippen LogP contribution in [0.2, 0.25) is 44.3 Å². The summed E-state index contributed by atoms with van der Waals surface area (Å²) in [6.45, 7) is 20.8. The molecule has 1 aliphatic heterocycles. The second-order valence-corrected chi connectivity index (χ2v) is 26.3. The Hall–Kier alpha value is -1.11. The van der Waals surface area contributed by atoms with E-state index in [-0.39, 0.29) is 29.6 Å². The standard InChI is InChI=1S/C29H48O5Si3/c1-29(2,3)37(23-17-13-11-14-18-23,24-19-15-12-16-20-24)31-22-27(34-36(8,9)10)25(33-35(5,6)7)21-26-28(30-4)32-26/h11-20,25-28H,21-22H2,1-10H3/t25-,26+,27+,28-/m0/s1. The summed E-state index contributed by atoms with van der Waals surface area (Å²) in [5.74, 6) is 0. The molecule has 0 radical (unpaired) electrons. The lowest BCUT2D eigenvalue weighted by Gasteiger charge is -2.45. The Morgan fingerprint density at radius 2 is 1.22 bits per heavy atom. The van der Waals surface area contributed by atoms with Crippen molar-refractivity contribution >= 4 is 35.3 Å². The van der Waals surface area contributed by atoms with Gasteiger partial charge in [0.2, 0.25) is 0 Å². The van der Waals surface area contributed by atoms with Crippen LogP contribution in [0.25, 0.3) is 0 Å². The number of hydrogen-bond acceptors (Lipinski definition) is 5. The second kappa shape index (κ2) is 12.0. The minimum atomic E-state index is -2.70. The fourth-order valence-electron chi connectivity index (χ4n) is 5.10. The molecule has 1 fully saturated rings. The van der Waals surface area contributed by atoms with Crippen LogP contribution >= 0.6 is 0 Å². The summed E-state index contributed by atoms with van der Waals surface area (Å²) in [6, 6.07) is 21.6. The maximum atomic E-state index is 7.32. The molecule has 5 nitrogen and oxygen atoms in total. The number of benzene rings is 2. The molecule has 1 saturated heterocycles. The summed E-state index contributed by atoms with van der Waals surface area (Å²) < 4.78 is 32.2. The Bertz CT molecular complexity index is 928. The van der Waals surface area contributed by atoms with Gasteiger partial charge in [-0.2, -0.15) is 0 Å². The highest BCUT2D eigenvalue weighted by Crippen LogP contribution is 2.38. The van der Waals surface area contributed by atoms with Crippen LogP contribution in [0, 0.1) is 0 Å². The zero-order valence-electron chi connectivity index (χ0n) is 24.5. The van der Waals surface area contributed by atoms with Gasteiger partial charge in [0.1, 0.15) is 6.10 Å². The molecule has 0 saturated carbocycles. The Kier molecular flexibility index (Phi) is 9.84. The van der Waals surface area contributed by atoms with Crippen LogP contribution in [0.5, 0.6) is 0 Å². The highest BCUT2D eigenvalue weighted by molar-refractivity contribution is 6.99. The molecule has 1 heterocycles. The van der Waals surface area contributed by atoms with Gasteiger partial charge < -0.3 is 22.8 Å². The monoisotopic (exact) mass is 560 g/mol. The van der Waals surface area contributed by atoms with Crippen LogP contribution in [-0.4, -0.2) is 63.3 Å². The van der Waals surface area contributed by atoms with Crippen LogP contribution in [0.15, 0.2) is 60.7 Å². The van der Waals surface area contributed by atoms with Gasteiger partial charge in [-0.05, 0) is 54.7 Å². The van der Waals surface area contributed by atoms with Gasteiger partial charge >= 0.3 is 0 Å². The molecule has 2 aromatic carbocycles. The van der Waals surface area contributed by atoms with Crippen LogP contribution in [0.3, 0.4) is 0 Å². The highest BCUT2D eigenvalue weighted by Gasteiger charge is 2.51. The maximum absolute atomic E-state index is 7.32. The highest BCUT2D eigenvalue weighted by atomic mass is 28.4. The van der Waals surface area contributed by atoms with Crippen LogP contribution < -0.4 is 10.4 Å². The first-order valence-corrected chi connectivity index (χ1v) is 22.2. The second-order valence-electron chi connectivity index (χ2n) is 13.0. The first-order valence-electron chi connectivity index (χ1n) is 13.5. The van der Waals surface area contributed by atoms with E-state index in [0.717, 1.165) is 6.42 Å². The Morgan fingerprint density at radius 1 is 0.757 bits per heavy atom. The van der Waals surface area contributed by atoms with Gasteiger partial charge in [0.25, 0.3) is 8.32 Å². The van der Waals surface area contributed by atoms with E-state index in [1.165, 1.54) is 10.4 Å². The molecular formula is C29H48O5Si3. The van der Waals surface area contributed by atoms with Crippen molar-refractivity contribution < 1.29 is 22.8 Å². The van der Waals surface area contributed by atoms with Crippen molar-refractivity contribution in [1.82, 2.24) is 0 Å². The van der Waals surface area contributed by atoms with E-state index in [1.807, 2.05) is 0 Å². The minimum absolute atomic E-state index is 0.0342. The van der Waals surface area contributed by atoms with Crippen LogP contribution in [0.1, 0.15) is 27.2 Å². The van der Waals surface area contributed by atoms with Gasteiger partial charge in [-0.15, -0.1) is 0 Å². The third kappa shape index (κ3) is 8.19. The quantitative estimate of drug-likeness (QED) is 0.230. The zero-order valence-corrected chi connectivity index (χ0v) is 27.5. The summed E-state index contributed by atoms with van der Waals surface area (Å²) in [4.78, 5) is 0. The van der Waals surface area contributed by atoms with Crippen molar-refractivity contribution in [3.8, 4) is 0 Å². The summed E-state index contributed by atoms with van der Waals surface area (Å²) in [5, 5.41) is 2.44. The van der Waals surface area contributed by atoms with Gasteiger partial charge in [0, 0.05) is 13.5 Å². The first kappa shape index (κ1) is 30.4. The SMILES string of the molecule is CO[C@H]1O[C@@H]1C[C@H](O[Si](C)(C)C)[C@@H](CO[Si](c1ccccc1)(c1ccccc1)C(C)(C)C)O[Si](C)(C)C. The molecule has 0 aliphatic carbocycles. The number of ether oxygens (including phenoxy) is 2. The molecule has 4 atom stereocenters. The fraction of sp³-hybridized carbons (Fsp3) is 0.586. The molecule has 206 valence electrons. The maximum Gasteiger partial charge on any atom is 0.261 e. The van der Waals surface area contributed by atoms with Gasteiger partial charge in [0.05, 0.1) is 18.8 Å². The normalized spacial score (nSPS) is 20.5. The van der Waals surface area contributed by atoms with Crippen LogP contribution in [0.4, 0.5) is 0 Å². The third-order valence-electron chi connectivity index (χ3n) is 6.54. The van der Waals surface area contributed by atoms with E-state index in [1.54, 1.807) is 7.11 Å². The van der Waals surface area contributed by atoms with Crippen molar-refractivity contribution in [2.45, 2.75) is 96.1 Å². The summed E-state index contributed by atoms with van der Waals surface area (Å²) >= 11 is 0. The molecule has 3 rings (SSSR count). The average molecular weight is 561 g/mol. The van der Waals surface area contributed by atoms with Crippen molar-refractivity contribution in [2.75, 3.05) is 13.7 Å². The number of epoxide rings is 1.